The number of aromatic nitrogens is 2. The van der Waals surface area contributed by atoms with Crippen LogP contribution in [0, 0.1) is 6.92 Å². The Bertz CT molecular complexity index is 1650. The fourth-order valence-corrected chi connectivity index (χ4v) is 4.31. The van der Waals surface area contributed by atoms with Gasteiger partial charge in [0.05, 0.1) is 38.1 Å². The maximum atomic E-state index is 13.0. The molecule has 12 nitrogen and oxygen atoms in total. The van der Waals surface area contributed by atoms with Crippen molar-refractivity contribution in [2.24, 2.45) is 5.10 Å². The second-order valence-electron chi connectivity index (χ2n) is 7.47. The van der Waals surface area contributed by atoms with Crippen molar-refractivity contribution >= 4 is 43.6 Å². The molecule has 1 aliphatic heterocycles. The monoisotopic (exact) mass is 866 g/mol. The summed E-state index contributed by atoms with van der Waals surface area (Å²) in [6, 6.07) is 9.28. The van der Waals surface area contributed by atoms with E-state index < -0.39 is 41.8 Å². The summed E-state index contributed by atoms with van der Waals surface area (Å²) >= 11 is 0. The number of aryl methyl sites for hydroxylation is 1. The average Bonchev–Trinajstić information content (AvgIpc) is 3.23. The van der Waals surface area contributed by atoms with Crippen LogP contribution in [0.25, 0.3) is 11.8 Å². The molecule has 182 valence electrons. The largest absolute Gasteiger partial charge is 1.00 e. The van der Waals surface area contributed by atoms with E-state index in [2.05, 4.69) is 10.2 Å². The van der Waals surface area contributed by atoms with Crippen molar-refractivity contribution < 1.29 is 498 Å². The quantitative estimate of drug-likeness (QED) is 0.136. The molecule has 44 heavy (non-hydrogen) atoms. The van der Waals surface area contributed by atoms with Crippen LogP contribution in [0.15, 0.2) is 69.0 Å². The van der Waals surface area contributed by atoms with Gasteiger partial charge in [-0.05, 0) is 74.3 Å². The summed E-state index contributed by atoms with van der Waals surface area (Å²) in [6.07, 6.45) is 1.33. The number of anilines is 1. The minimum atomic E-state index is -4.65. The van der Waals surface area contributed by atoms with Gasteiger partial charge in [-0.15, -0.1) is 0 Å². The first-order chi connectivity index (χ1) is 16.3. The number of nitrogens with zero attached hydrogens (tertiary/aromatic N) is 4. The molecule has 2 heterocycles. The summed E-state index contributed by atoms with van der Waals surface area (Å²) in [5.74, 6) is -1.17. The van der Waals surface area contributed by atoms with Crippen molar-refractivity contribution in [3.8, 4) is 11.6 Å². The third kappa shape index (κ3) is 18.9. The predicted octanol–water partition coefficient (Wildman–Crippen LogP) is -26.1. The molecule has 0 N–H and O–H groups in total. The van der Waals surface area contributed by atoms with Crippen LogP contribution < -0.4 is 473 Å². The van der Waals surface area contributed by atoms with E-state index in [1.165, 1.54) is 30.3 Å². The number of benzene rings is 2. The molecule has 2 aromatic carbocycles. The smallest absolute Gasteiger partial charge is 0.858 e. The molecule has 0 saturated heterocycles. The SMILES string of the molecule is CC1=NN(c2ccc(S(=O)(=O)[O-])cc2)C(=O)C1=Cc1c(C)nn(-c2ccc(S(=O)(=O)[O-])cc2)c1[O-].[K+].[K+].[K+].[K+].[K+].[K+].[K+].[K+].[K+]. The van der Waals surface area contributed by atoms with E-state index in [0.29, 0.717) is 0 Å². The zero-order valence-electron chi connectivity index (χ0n) is 27.1. The van der Waals surface area contributed by atoms with E-state index in [0.717, 1.165) is 34.0 Å². The first kappa shape index (κ1) is 66.7. The molecular formula is C21H15K9N4O8S2+6. The normalized spacial score (nSPS) is 12.5. The van der Waals surface area contributed by atoms with Crippen molar-refractivity contribution in [2.75, 3.05) is 5.01 Å². The number of hydrazone groups is 1. The fourth-order valence-electron chi connectivity index (χ4n) is 3.37. The molecule has 0 atom stereocenters. The summed E-state index contributed by atoms with van der Waals surface area (Å²) in [5.41, 5.74) is 1.19. The Morgan fingerprint density at radius 2 is 1.07 bits per heavy atom. The standard InChI is InChI=1S/C21H18N4O8S2.9K/c1-12-18(20(26)24(22-12)14-3-7-16(8-4-14)34(28,29)30)11-19-13(2)23-25(21(19)27)15-5-9-17(10-6-15)35(31,32)33;;;;;;;;;/h3-11,26H,1-2H3,(H,28,29,30)(H,31,32,33);;;;;;;;;/q;9*+1/p-3. The van der Waals surface area contributed by atoms with Crippen LogP contribution >= 0.6 is 0 Å². The molecule has 0 aliphatic carbocycles. The zero-order valence-corrected chi connectivity index (χ0v) is 56.8. The molecule has 23 heteroatoms. The molecule has 0 saturated carbocycles. The van der Waals surface area contributed by atoms with Crippen LogP contribution in [0.3, 0.4) is 0 Å². The third-order valence-electron chi connectivity index (χ3n) is 5.15. The van der Waals surface area contributed by atoms with E-state index >= 15 is 0 Å². The maximum absolute atomic E-state index is 13.0. The number of carbonyl (C=O) groups is 1. The molecule has 1 aromatic heterocycles. The van der Waals surface area contributed by atoms with Crippen LogP contribution in [0.1, 0.15) is 18.2 Å². The van der Waals surface area contributed by atoms with Crippen molar-refractivity contribution in [1.29, 1.82) is 0 Å². The average molecular weight is 867 g/mol. The van der Waals surface area contributed by atoms with Gasteiger partial charge in [-0.2, -0.15) is 15.2 Å². The molecule has 0 spiro atoms. The minimum absolute atomic E-state index is 0. The third-order valence-corrected chi connectivity index (χ3v) is 6.85. The minimum Gasteiger partial charge on any atom is -0.858 e. The second-order valence-corrected chi connectivity index (χ2v) is 10.2. The van der Waals surface area contributed by atoms with Crippen molar-refractivity contribution in [2.45, 2.75) is 23.6 Å². The second kappa shape index (κ2) is 30.9. The number of hydrogen-bond donors (Lipinski definition) is 0. The van der Waals surface area contributed by atoms with E-state index in [1.54, 1.807) is 13.8 Å². The summed E-state index contributed by atoms with van der Waals surface area (Å²) in [5, 5.41) is 22.3. The molecule has 3 aromatic rings. The van der Waals surface area contributed by atoms with E-state index in [-0.39, 0.29) is 496 Å². The Hall–Kier alpha value is 10.9. The van der Waals surface area contributed by atoms with Crippen LogP contribution in [0.4, 0.5) is 5.69 Å². The van der Waals surface area contributed by atoms with Crippen molar-refractivity contribution in [3.63, 3.8) is 0 Å². The Labute approximate surface area is 640 Å². The molecule has 0 fully saturated rings. The fraction of sp³-hybridized carbons (Fsp3) is 0.0952. The molecule has 4 rings (SSSR count). The molecule has 0 radical (unpaired) electrons. The van der Waals surface area contributed by atoms with Crippen LogP contribution in [-0.2, 0) is 25.0 Å². The summed E-state index contributed by atoms with van der Waals surface area (Å²) in [6.45, 7) is 3.10. The van der Waals surface area contributed by atoms with Crippen LogP contribution in [0.2, 0.25) is 0 Å². The molecular weight excluding hydrogens is 852 g/mol. The Morgan fingerprint density at radius 3 is 1.45 bits per heavy atom. The van der Waals surface area contributed by atoms with Gasteiger partial charge in [0.15, 0.2) is 0 Å². The molecule has 0 unspecified atom stereocenters. The van der Waals surface area contributed by atoms with Crippen LogP contribution in [-0.4, -0.2) is 47.3 Å². The predicted molar refractivity (Wildman–Crippen MR) is 119 cm³/mol. The summed E-state index contributed by atoms with van der Waals surface area (Å²) in [7, 11) is -9.30. The summed E-state index contributed by atoms with van der Waals surface area (Å²) < 4.78 is 67.7. The summed E-state index contributed by atoms with van der Waals surface area (Å²) in [4.78, 5) is 12.1. The van der Waals surface area contributed by atoms with Gasteiger partial charge < -0.3 is 14.2 Å². The molecule has 1 aliphatic rings. The number of carbonyl (C=O) groups excluding carboxylic acids is 1. The van der Waals surface area contributed by atoms with Gasteiger partial charge in [-0.3, -0.25) is 4.79 Å². The first-order valence-corrected chi connectivity index (χ1v) is 12.6. The first-order valence-electron chi connectivity index (χ1n) is 9.78. The van der Waals surface area contributed by atoms with Gasteiger partial charge in [0.2, 0.25) is 0 Å². The van der Waals surface area contributed by atoms with E-state index in [4.69, 9.17) is 0 Å². The maximum Gasteiger partial charge on any atom is 1.00 e. The molecule has 1 amide bonds. The number of rotatable bonds is 5. The van der Waals surface area contributed by atoms with Gasteiger partial charge in [-0.1, -0.05) is 0 Å². The van der Waals surface area contributed by atoms with Gasteiger partial charge >= 0.3 is 462 Å². The Morgan fingerprint density at radius 1 is 0.682 bits per heavy atom. The Kier molecular flexibility index (Phi) is 46.8. The van der Waals surface area contributed by atoms with Crippen molar-refractivity contribution in [3.05, 3.63) is 65.4 Å². The zero-order chi connectivity index (χ0) is 25.7. The number of amides is 1. The van der Waals surface area contributed by atoms with Crippen LogP contribution in [0.5, 0.6) is 5.88 Å². The topological polar surface area (TPSA) is 188 Å². The van der Waals surface area contributed by atoms with E-state index in [9.17, 15) is 35.8 Å². The van der Waals surface area contributed by atoms with Crippen molar-refractivity contribution in [1.82, 2.24) is 9.78 Å². The van der Waals surface area contributed by atoms with E-state index in [1.807, 2.05) is 0 Å². The molecule has 0 bridgehead atoms. The van der Waals surface area contributed by atoms with Gasteiger partial charge in [0, 0.05) is 5.56 Å². The van der Waals surface area contributed by atoms with Gasteiger partial charge in [-0.25, -0.2) is 21.5 Å². The van der Waals surface area contributed by atoms with Gasteiger partial charge in [0.25, 0.3) is 5.91 Å². The number of hydrogen-bond acceptors (Lipinski definition) is 10. The van der Waals surface area contributed by atoms with Gasteiger partial charge in [0.1, 0.15) is 20.2 Å². The Balaban J connectivity index is -0.000000401.